The minimum Gasteiger partial charge on any atom is -0.481 e. The van der Waals surface area contributed by atoms with E-state index in [0.717, 1.165) is 32.5 Å². The van der Waals surface area contributed by atoms with Crippen LogP contribution in [0.3, 0.4) is 0 Å². The summed E-state index contributed by atoms with van der Waals surface area (Å²) in [7, 11) is 2.11. The molecule has 2 aliphatic rings. The molecule has 0 aliphatic carbocycles. The lowest BCUT2D eigenvalue weighted by atomic mass is 9.96. The van der Waals surface area contributed by atoms with E-state index in [4.69, 9.17) is 5.11 Å². The van der Waals surface area contributed by atoms with Gasteiger partial charge in [-0.2, -0.15) is 0 Å². The Balaban J connectivity index is 1.83. The molecule has 2 fully saturated rings. The number of likely N-dealkylation sites (tertiary alicyclic amines) is 2. The summed E-state index contributed by atoms with van der Waals surface area (Å²) < 4.78 is 0. The fourth-order valence-corrected chi connectivity index (χ4v) is 2.67. The summed E-state index contributed by atoms with van der Waals surface area (Å²) in [4.78, 5) is 26.6. The average Bonchev–Trinajstić information content (AvgIpc) is 2.64. The number of amides is 1. The molecule has 5 heteroatoms. The first-order valence-corrected chi connectivity index (χ1v) is 6.25. The van der Waals surface area contributed by atoms with Crippen molar-refractivity contribution in [3.63, 3.8) is 0 Å². The van der Waals surface area contributed by atoms with Crippen molar-refractivity contribution in [3.8, 4) is 0 Å². The lowest BCUT2D eigenvalue weighted by molar-refractivity contribution is -0.141. The molecule has 96 valence electrons. The largest absolute Gasteiger partial charge is 0.481 e. The molecule has 0 aromatic heterocycles. The Hall–Kier alpha value is -1.10. The maximum absolute atomic E-state index is 11.7. The third-order valence-corrected chi connectivity index (χ3v) is 3.88. The van der Waals surface area contributed by atoms with E-state index in [9.17, 15) is 9.59 Å². The van der Waals surface area contributed by atoms with Gasteiger partial charge in [0, 0.05) is 19.5 Å². The van der Waals surface area contributed by atoms with Gasteiger partial charge in [0.2, 0.25) is 5.91 Å². The highest BCUT2D eigenvalue weighted by Gasteiger charge is 2.35. The number of carboxylic acid groups (broad SMARTS) is 1. The zero-order valence-electron chi connectivity index (χ0n) is 10.3. The lowest BCUT2D eigenvalue weighted by Gasteiger charge is -2.31. The van der Waals surface area contributed by atoms with E-state index in [1.54, 1.807) is 4.90 Å². The van der Waals surface area contributed by atoms with Gasteiger partial charge in [-0.15, -0.1) is 0 Å². The van der Waals surface area contributed by atoms with Crippen LogP contribution in [0.5, 0.6) is 0 Å². The third-order valence-electron chi connectivity index (χ3n) is 3.88. The average molecular weight is 240 g/mol. The van der Waals surface area contributed by atoms with Crippen LogP contribution < -0.4 is 0 Å². The van der Waals surface area contributed by atoms with Crippen LogP contribution in [0.25, 0.3) is 0 Å². The number of carbonyl (C=O) groups excluding carboxylic acids is 1. The molecule has 1 N–H and O–H groups in total. The maximum atomic E-state index is 11.7. The lowest BCUT2D eigenvalue weighted by Crippen LogP contribution is -2.37. The molecule has 2 rings (SSSR count). The molecular weight excluding hydrogens is 220 g/mol. The predicted molar refractivity (Wildman–Crippen MR) is 62.5 cm³/mol. The minimum atomic E-state index is -0.843. The normalized spacial score (nSPS) is 27.7. The summed E-state index contributed by atoms with van der Waals surface area (Å²) in [6.45, 7) is 3.31. The van der Waals surface area contributed by atoms with Crippen molar-refractivity contribution < 1.29 is 14.7 Å². The molecule has 0 saturated carbocycles. The van der Waals surface area contributed by atoms with Crippen molar-refractivity contribution in [1.29, 1.82) is 0 Å². The number of rotatable bonds is 3. The highest BCUT2D eigenvalue weighted by Crippen LogP contribution is 2.23. The maximum Gasteiger partial charge on any atom is 0.308 e. The van der Waals surface area contributed by atoms with Crippen molar-refractivity contribution >= 4 is 11.9 Å². The van der Waals surface area contributed by atoms with Crippen LogP contribution in [0.2, 0.25) is 0 Å². The molecule has 1 atom stereocenters. The first-order valence-electron chi connectivity index (χ1n) is 6.25. The molecule has 0 spiro atoms. The summed E-state index contributed by atoms with van der Waals surface area (Å²) in [5.41, 5.74) is 0. The Morgan fingerprint density at radius 2 is 2.06 bits per heavy atom. The molecule has 0 aromatic carbocycles. The van der Waals surface area contributed by atoms with Gasteiger partial charge < -0.3 is 14.9 Å². The zero-order valence-corrected chi connectivity index (χ0v) is 10.3. The van der Waals surface area contributed by atoms with E-state index in [-0.39, 0.29) is 12.3 Å². The minimum absolute atomic E-state index is 0.0105. The predicted octanol–water partition coefficient (Wildman–Crippen LogP) is 0.261. The van der Waals surface area contributed by atoms with Crippen LogP contribution in [-0.2, 0) is 9.59 Å². The number of nitrogens with zero attached hydrogens (tertiary/aromatic N) is 2. The number of piperidine rings is 1. The van der Waals surface area contributed by atoms with Crippen molar-refractivity contribution in [1.82, 2.24) is 9.80 Å². The van der Waals surface area contributed by atoms with Crippen molar-refractivity contribution in [3.05, 3.63) is 0 Å². The first-order chi connectivity index (χ1) is 8.06. The topological polar surface area (TPSA) is 60.9 Å². The SMILES string of the molecule is CN1CCC(CN2CC(C(=O)O)CC2=O)CC1. The molecule has 1 unspecified atom stereocenters. The van der Waals surface area contributed by atoms with Crippen molar-refractivity contribution in [2.45, 2.75) is 19.3 Å². The van der Waals surface area contributed by atoms with E-state index < -0.39 is 11.9 Å². The van der Waals surface area contributed by atoms with Crippen LogP contribution in [-0.4, -0.2) is 60.0 Å². The molecule has 1 amide bonds. The number of carboxylic acids is 1. The summed E-state index contributed by atoms with van der Waals surface area (Å²) in [5.74, 6) is -0.781. The van der Waals surface area contributed by atoms with Gasteiger partial charge in [-0.25, -0.2) is 0 Å². The molecule has 2 saturated heterocycles. The Morgan fingerprint density at radius 1 is 1.41 bits per heavy atom. The Bertz CT molecular complexity index is 311. The van der Waals surface area contributed by atoms with Gasteiger partial charge >= 0.3 is 5.97 Å². The molecular formula is C12H20N2O3. The molecule has 0 aromatic rings. The van der Waals surface area contributed by atoms with Crippen LogP contribution in [0.4, 0.5) is 0 Å². The van der Waals surface area contributed by atoms with E-state index in [0.29, 0.717) is 12.5 Å². The molecule has 17 heavy (non-hydrogen) atoms. The van der Waals surface area contributed by atoms with Crippen LogP contribution in [0.1, 0.15) is 19.3 Å². The van der Waals surface area contributed by atoms with Gasteiger partial charge in [-0.3, -0.25) is 9.59 Å². The number of hydrogen-bond donors (Lipinski definition) is 1. The third kappa shape index (κ3) is 2.97. The Kier molecular flexibility index (Phi) is 3.66. The van der Waals surface area contributed by atoms with Gasteiger partial charge in [0.1, 0.15) is 0 Å². The van der Waals surface area contributed by atoms with Crippen LogP contribution in [0.15, 0.2) is 0 Å². The molecule has 2 aliphatic heterocycles. The second-order valence-corrected chi connectivity index (χ2v) is 5.28. The van der Waals surface area contributed by atoms with Crippen molar-refractivity contribution in [2.75, 3.05) is 33.2 Å². The summed E-state index contributed by atoms with van der Waals surface area (Å²) in [6, 6.07) is 0. The van der Waals surface area contributed by atoms with E-state index in [2.05, 4.69) is 11.9 Å². The monoisotopic (exact) mass is 240 g/mol. The highest BCUT2D eigenvalue weighted by atomic mass is 16.4. The smallest absolute Gasteiger partial charge is 0.308 e. The standard InChI is InChI=1S/C12H20N2O3/c1-13-4-2-9(3-5-13)7-14-8-10(12(16)17)6-11(14)15/h9-10H,2-8H2,1H3,(H,16,17). The zero-order chi connectivity index (χ0) is 12.4. The fraction of sp³-hybridized carbons (Fsp3) is 0.833. The molecule has 2 heterocycles. The molecule has 0 radical (unpaired) electrons. The molecule has 0 bridgehead atoms. The van der Waals surface area contributed by atoms with Gasteiger partial charge in [-0.05, 0) is 38.9 Å². The van der Waals surface area contributed by atoms with E-state index in [1.807, 2.05) is 0 Å². The van der Waals surface area contributed by atoms with E-state index in [1.165, 1.54) is 0 Å². The Labute approximate surface area is 101 Å². The van der Waals surface area contributed by atoms with Gasteiger partial charge in [-0.1, -0.05) is 0 Å². The summed E-state index contributed by atoms with van der Waals surface area (Å²) in [5, 5.41) is 8.90. The van der Waals surface area contributed by atoms with Crippen LogP contribution in [0, 0.1) is 11.8 Å². The Morgan fingerprint density at radius 3 is 2.59 bits per heavy atom. The quantitative estimate of drug-likeness (QED) is 0.769. The fourth-order valence-electron chi connectivity index (χ4n) is 2.67. The number of hydrogen-bond acceptors (Lipinski definition) is 3. The van der Waals surface area contributed by atoms with Gasteiger partial charge in [0.05, 0.1) is 5.92 Å². The van der Waals surface area contributed by atoms with Crippen molar-refractivity contribution in [2.24, 2.45) is 11.8 Å². The van der Waals surface area contributed by atoms with E-state index >= 15 is 0 Å². The first kappa shape index (κ1) is 12.4. The van der Waals surface area contributed by atoms with Gasteiger partial charge in [0.25, 0.3) is 0 Å². The second-order valence-electron chi connectivity index (χ2n) is 5.28. The summed E-state index contributed by atoms with van der Waals surface area (Å²) in [6.07, 6.45) is 2.40. The number of aliphatic carboxylic acids is 1. The highest BCUT2D eigenvalue weighted by molar-refractivity contribution is 5.86. The van der Waals surface area contributed by atoms with Gasteiger partial charge in [0.15, 0.2) is 0 Å². The number of carbonyl (C=O) groups is 2. The van der Waals surface area contributed by atoms with Crippen LogP contribution >= 0.6 is 0 Å². The second kappa shape index (κ2) is 5.04. The molecule has 5 nitrogen and oxygen atoms in total. The summed E-state index contributed by atoms with van der Waals surface area (Å²) >= 11 is 0.